The Bertz CT molecular complexity index is 973. The lowest BCUT2D eigenvalue weighted by molar-refractivity contribution is -0.116. The monoisotopic (exact) mass is 481 g/mol. The number of ether oxygens (including phenoxy) is 1. The average molecular weight is 482 g/mol. The lowest BCUT2D eigenvalue weighted by atomic mass is 9.98. The predicted molar refractivity (Wildman–Crippen MR) is 126 cm³/mol. The number of allylic oxidation sites excluding steroid dienone is 1. The van der Waals surface area contributed by atoms with Gasteiger partial charge >= 0.3 is 5.97 Å². The lowest BCUT2D eigenvalue weighted by Gasteiger charge is -2.38. The minimum Gasteiger partial charge on any atom is -0.476 e. The summed E-state index contributed by atoms with van der Waals surface area (Å²) in [5.74, 6) is -1.45. The Balaban J connectivity index is 1.73. The van der Waals surface area contributed by atoms with E-state index in [9.17, 15) is 14.7 Å². The van der Waals surface area contributed by atoms with E-state index in [-0.39, 0.29) is 34.4 Å². The standard InChI is InChI=1S/C21H28ClN5O4S/c1-4-11-9-12(23)16(25-18(11)22)19(28)24-13-7-8-27(10-14(13)31-6-3)21-26-17(20(29)30)15(5-2)32-21/h13-14,23H,4-10H2,1-3H3,(H,24,28)(H,29,30)/t13?,14-/m0/s1. The molecule has 32 heavy (non-hydrogen) atoms. The van der Waals surface area contributed by atoms with Crippen molar-refractivity contribution < 1.29 is 19.4 Å². The number of aliphatic imine (C=N–C) groups is 1. The maximum atomic E-state index is 12.9. The van der Waals surface area contributed by atoms with Gasteiger partial charge in [-0.05, 0) is 31.8 Å². The maximum Gasteiger partial charge on any atom is 0.355 e. The van der Waals surface area contributed by atoms with Crippen LogP contribution in [0.3, 0.4) is 0 Å². The number of piperidine rings is 1. The van der Waals surface area contributed by atoms with Crippen molar-refractivity contribution in [3.8, 4) is 0 Å². The molecule has 0 spiro atoms. The Morgan fingerprint density at radius 2 is 2.09 bits per heavy atom. The number of amides is 1. The van der Waals surface area contributed by atoms with E-state index >= 15 is 0 Å². The van der Waals surface area contributed by atoms with Gasteiger partial charge in [0.15, 0.2) is 16.5 Å². The molecule has 0 aromatic carbocycles. The number of nitrogens with zero attached hydrogens (tertiary/aromatic N) is 3. The topological polar surface area (TPSA) is 128 Å². The molecule has 11 heteroatoms. The number of aromatic carboxylic acids is 1. The zero-order valence-electron chi connectivity index (χ0n) is 18.4. The third-order valence-electron chi connectivity index (χ3n) is 5.56. The van der Waals surface area contributed by atoms with Crippen LogP contribution in [-0.4, -0.2) is 65.2 Å². The van der Waals surface area contributed by atoms with Crippen LogP contribution in [0.2, 0.25) is 0 Å². The van der Waals surface area contributed by atoms with Crippen molar-refractivity contribution >= 4 is 51.4 Å². The van der Waals surface area contributed by atoms with Gasteiger partial charge in [0.25, 0.3) is 5.91 Å². The molecule has 174 valence electrons. The zero-order chi connectivity index (χ0) is 23.4. The van der Waals surface area contributed by atoms with Crippen molar-refractivity contribution in [1.29, 1.82) is 5.41 Å². The first-order chi connectivity index (χ1) is 15.3. The van der Waals surface area contributed by atoms with Crippen LogP contribution in [0.5, 0.6) is 0 Å². The van der Waals surface area contributed by atoms with Crippen molar-refractivity contribution in [3.05, 3.63) is 21.3 Å². The molecule has 3 N–H and O–H groups in total. The van der Waals surface area contributed by atoms with E-state index in [2.05, 4.69) is 15.3 Å². The van der Waals surface area contributed by atoms with Gasteiger partial charge in [0.1, 0.15) is 5.16 Å². The van der Waals surface area contributed by atoms with Gasteiger partial charge in [0.05, 0.1) is 17.9 Å². The van der Waals surface area contributed by atoms with E-state index in [1.54, 1.807) is 0 Å². The summed E-state index contributed by atoms with van der Waals surface area (Å²) >= 11 is 7.56. The number of carboxylic acids is 1. The van der Waals surface area contributed by atoms with Crippen LogP contribution >= 0.6 is 22.9 Å². The summed E-state index contributed by atoms with van der Waals surface area (Å²) in [6, 6.07) is -0.269. The second-order valence-electron chi connectivity index (χ2n) is 7.60. The molecule has 0 bridgehead atoms. The molecule has 2 atom stereocenters. The minimum absolute atomic E-state index is 0.0449. The number of carbonyl (C=O) groups excluding carboxylic acids is 1. The van der Waals surface area contributed by atoms with Gasteiger partial charge in [0.2, 0.25) is 0 Å². The maximum absolute atomic E-state index is 12.9. The van der Waals surface area contributed by atoms with Gasteiger partial charge in [-0.25, -0.2) is 14.8 Å². The lowest BCUT2D eigenvalue weighted by Crippen LogP contribution is -2.56. The molecule has 0 aliphatic carbocycles. The summed E-state index contributed by atoms with van der Waals surface area (Å²) in [7, 11) is 0. The van der Waals surface area contributed by atoms with Crippen LogP contribution in [0.4, 0.5) is 5.13 Å². The zero-order valence-corrected chi connectivity index (χ0v) is 20.0. The van der Waals surface area contributed by atoms with Gasteiger partial charge in [-0.2, -0.15) is 0 Å². The molecule has 0 radical (unpaired) electrons. The Morgan fingerprint density at radius 1 is 1.34 bits per heavy atom. The molecule has 1 aromatic heterocycles. The molecule has 3 heterocycles. The Labute approximate surface area is 196 Å². The van der Waals surface area contributed by atoms with E-state index in [0.29, 0.717) is 50.5 Å². The number of hydrogen-bond acceptors (Lipinski definition) is 8. The molecule has 0 saturated carbocycles. The van der Waals surface area contributed by atoms with E-state index < -0.39 is 11.9 Å². The number of nitrogens with one attached hydrogen (secondary N) is 2. The molecular weight excluding hydrogens is 454 g/mol. The average Bonchev–Trinajstić information content (AvgIpc) is 3.21. The third kappa shape index (κ3) is 5.19. The fraction of sp³-hybridized carbons (Fsp3) is 0.571. The summed E-state index contributed by atoms with van der Waals surface area (Å²) in [6.45, 7) is 7.27. The van der Waals surface area contributed by atoms with E-state index in [4.69, 9.17) is 21.7 Å². The molecule has 2 aliphatic rings. The molecule has 1 unspecified atom stereocenters. The molecule has 1 aromatic rings. The number of aromatic nitrogens is 1. The molecule has 2 aliphatic heterocycles. The van der Waals surface area contributed by atoms with Crippen LogP contribution < -0.4 is 10.2 Å². The number of halogens is 1. The fourth-order valence-corrected chi connectivity index (χ4v) is 5.14. The second kappa shape index (κ2) is 10.5. The molecule has 1 fully saturated rings. The van der Waals surface area contributed by atoms with Crippen molar-refractivity contribution in [2.24, 2.45) is 4.99 Å². The smallest absolute Gasteiger partial charge is 0.355 e. The number of anilines is 1. The summed E-state index contributed by atoms with van der Waals surface area (Å²) in [4.78, 5) is 35.6. The quantitative estimate of drug-likeness (QED) is 0.489. The number of hydrogen-bond donors (Lipinski definition) is 3. The van der Waals surface area contributed by atoms with Gasteiger partial charge < -0.3 is 25.5 Å². The third-order valence-corrected chi connectivity index (χ3v) is 7.17. The normalized spacial score (nSPS) is 21.6. The second-order valence-corrected chi connectivity index (χ2v) is 9.02. The summed E-state index contributed by atoms with van der Waals surface area (Å²) in [5, 5.41) is 21.5. The first-order valence-corrected chi connectivity index (χ1v) is 11.9. The van der Waals surface area contributed by atoms with Crippen LogP contribution in [0.1, 0.15) is 55.4 Å². The van der Waals surface area contributed by atoms with Crippen molar-refractivity contribution in [2.75, 3.05) is 24.6 Å². The number of carbonyl (C=O) groups is 2. The van der Waals surface area contributed by atoms with Crippen molar-refractivity contribution in [3.63, 3.8) is 0 Å². The molecular formula is C21H28ClN5O4S. The van der Waals surface area contributed by atoms with E-state index in [1.165, 1.54) is 11.3 Å². The van der Waals surface area contributed by atoms with Crippen LogP contribution in [-0.2, 0) is 16.0 Å². The van der Waals surface area contributed by atoms with E-state index in [0.717, 1.165) is 10.5 Å². The molecule has 9 nitrogen and oxygen atoms in total. The van der Waals surface area contributed by atoms with E-state index in [1.807, 2.05) is 25.7 Å². The largest absolute Gasteiger partial charge is 0.476 e. The number of rotatable bonds is 8. The Morgan fingerprint density at radius 3 is 2.69 bits per heavy atom. The minimum atomic E-state index is -1.03. The number of thiazole rings is 1. The number of carboxylic acid groups (broad SMARTS) is 1. The highest BCUT2D eigenvalue weighted by Crippen LogP contribution is 2.30. The van der Waals surface area contributed by atoms with Crippen molar-refractivity contribution in [1.82, 2.24) is 10.3 Å². The highest BCUT2D eigenvalue weighted by Gasteiger charge is 2.34. The van der Waals surface area contributed by atoms with Crippen LogP contribution in [0, 0.1) is 5.41 Å². The SMILES string of the molecule is CCO[C@H]1CN(c2nc(C(=O)O)c(CC)s2)CCC1NC(=O)C1=NC(Cl)=C(CC)CC1=N. The van der Waals surface area contributed by atoms with Gasteiger partial charge in [0, 0.05) is 31.0 Å². The van der Waals surface area contributed by atoms with Crippen LogP contribution in [0.15, 0.2) is 15.7 Å². The van der Waals surface area contributed by atoms with Gasteiger partial charge in [-0.15, -0.1) is 11.3 Å². The summed E-state index contributed by atoms with van der Waals surface area (Å²) in [6.07, 6.45) is 1.89. The highest BCUT2D eigenvalue weighted by molar-refractivity contribution is 7.15. The number of aryl methyl sites for hydroxylation is 1. The first-order valence-electron chi connectivity index (χ1n) is 10.7. The first kappa shape index (κ1) is 24.3. The fourth-order valence-electron chi connectivity index (χ4n) is 3.83. The predicted octanol–water partition coefficient (Wildman–Crippen LogP) is 3.23. The molecule has 1 amide bonds. The molecule has 1 saturated heterocycles. The van der Waals surface area contributed by atoms with Crippen molar-refractivity contribution in [2.45, 2.75) is 58.6 Å². The van der Waals surface area contributed by atoms with Crippen LogP contribution in [0.25, 0.3) is 0 Å². The molecule has 3 rings (SSSR count). The Kier molecular flexibility index (Phi) is 8.02. The summed E-state index contributed by atoms with van der Waals surface area (Å²) < 4.78 is 5.90. The van der Waals surface area contributed by atoms with Gasteiger partial charge in [-0.3, -0.25) is 4.79 Å². The highest BCUT2D eigenvalue weighted by atomic mass is 35.5. The summed E-state index contributed by atoms with van der Waals surface area (Å²) in [5.41, 5.74) is 1.15. The van der Waals surface area contributed by atoms with Gasteiger partial charge in [-0.1, -0.05) is 25.4 Å². The Hall–Kier alpha value is -2.30.